The van der Waals surface area contributed by atoms with Gasteiger partial charge in [-0.3, -0.25) is 9.89 Å². The predicted octanol–water partition coefficient (Wildman–Crippen LogP) is 4.24. The number of amides is 1. The minimum absolute atomic E-state index is 0.0307. The fraction of sp³-hybridized carbons (Fsp3) is 0.333. The fourth-order valence-electron chi connectivity index (χ4n) is 3.25. The summed E-state index contributed by atoms with van der Waals surface area (Å²) in [6, 6.07) is 15.9. The van der Waals surface area contributed by atoms with E-state index < -0.39 is 0 Å². The van der Waals surface area contributed by atoms with Crippen molar-refractivity contribution < 1.29 is 4.79 Å². The highest BCUT2D eigenvalue weighted by Crippen LogP contribution is 2.23. The van der Waals surface area contributed by atoms with Gasteiger partial charge in [-0.15, -0.1) is 0 Å². The van der Waals surface area contributed by atoms with E-state index in [0.717, 1.165) is 23.4 Å². The maximum absolute atomic E-state index is 12.5. The summed E-state index contributed by atoms with van der Waals surface area (Å²) >= 11 is 0. The van der Waals surface area contributed by atoms with Crippen LogP contribution in [0.15, 0.2) is 54.7 Å². The maximum atomic E-state index is 12.5. The molecule has 0 saturated carbocycles. The van der Waals surface area contributed by atoms with Crippen molar-refractivity contribution >= 4 is 5.91 Å². The van der Waals surface area contributed by atoms with Gasteiger partial charge in [0.25, 0.3) is 5.91 Å². The molecule has 5 nitrogen and oxygen atoms in total. The van der Waals surface area contributed by atoms with E-state index in [0.29, 0.717) is 18.7 Å². The van der Waals surface area contributed by atoms with Crippen LogP contribution in [0.2, 0.25) is 0 Å². The minimum atomic E-state index is -0.0581. The average molecular weight is 391 g/mol. The Morgan fingerprint density at radius 2 is 1.76 bits per heavy atom. The van der Waals surface area contributed by atoms with Crippen molar-refractivity contribution in [1.29, 1.82) is 0 Å². The van der Waals surface area contributed by atoms with Crippen molar-refractivity contribution in [2.45, 2.75) is 52.7 Å². The van der Waals surface area contributed by atoms with Crippen molar-refractivity contribution in [3.05, 3.63) is 88.2 Å². The zero-order valence-corrected chi connectivity index (χ0v) is 17.7. The predicted molar refractivity (Wildman–Crippen MR) is 117 cm³/mol. The van der Waals surface area contributed by atoms with Crippen LogP contribution in [0.25, 0.3) is 0 Å². The average Bonchev–Trinajstić information content (AvgIpc) is 3.17. The number of rotatable bonds is 7. The Kier molecular flexibility index (Phi) is 6.49. The summed E-state index contributed by atoms with van der Waals surface area (Å²) in [4.78, 5) is 12.5. The van der Waals surface area contributed by atoms with E-state index in [9.17, 15) is 4.79 Å². The van der Waals surface area contributed by atoms with Gasteiger partial charge in [-0.25, -0.2) is 0 Å². The van der Waals surface area contributed by atoms with Crippen LogP contribution in [0.1, 0.15) is 59.1 Å². The maximum Gasteiger partial charge on any atom is 0.251 e. The third-order valence-electron chi connectivity index (χ3n) is 4.88. The van der Waals surface area contributed by atoms with Gasteiger partial charge in [0.1, 0.15) is 0 Å². The molecule has 29 heavy (non-hydrogen) atoms. The molecule has 0 radical (unpaired) electrons. The lowest BCUT2D eigenvalue weighted by molar-refractivity contribution is 0.0951. The molecule has 0 saturated heterocycles. The van der Waals surface area contributed by atoms with Crippen LogP contribution in [-0.4, -0.2) is 16.1 Å². The van der Waals surface area contributed by atoms with E-state index in [2.05, 4.69) is 60.7 Å². The van der Waals surface area contributed by atoms with E-state index in [4.69, 9.17) is 0 Å². The number of benzene rings is 2. The Labute approximate surface area is 172 Å². The summed E-state index contributed by atoms with van der Waals surface area (Å²) in [6.45, 7) is 10.5. The number of H-pyrrole nitrogens is 1. The van der Waals surface area contributed by atoms with Gasteiger partial charge in [-0.2, -0.15) is 5.10 Å². The molecule has 0 bridgehead atoms. The Morgan fingerprint density at radius 1 is 1.00 bits per heavy atom. The fourth-order valence-corrected chi connectivity index (χ4v) is 3.25. The third-order valence-corrected chi connectivity index (χ3v) is 4.88. The summed E-state index contributed by atoms with van der Waals surface area (Å²) in [5, 5.41) is 13.7. The van der Waals surface area contributed by atoms with Crippen LogP contribution in [-0.2, 0) is 25.0 Å². The van der Waals surface area contributed by atoms with Crippen molar-refractivity contribution in [2.24, 2.45) is 0 Å². The number of nitrogens with one attached hydrogen (secondary N) is 3. The quantitative estimate of drug-likeness (QED) is 0.565. The Bertz CT molecular complexity index is 952. The molecular weight excluding hydrogens is 360 g/mol. The van der Waals surface area contributed by atoms with Crippen molar-refractivity contribution in [2.75, 3.05) is 0 Å². The Morgan fingerprint density at radius 3 is 2.48 bits per heavy atom. The van der Waals surface area contributed by atoms with Gasteiger partial charge in [0.2, 0.25) is 0 Å². The normalized spacial score (nSPS) is 11.4. The lowest BCUT2D eigenvalue weighted by Gasteiger charge is -2.18. The van der Waals surface area contributed by atoms with Gasteiger partial charge in [-0.1, -0.05) is 62.7 Å². The molecule has 2 aromatic carbocycles. The minimum Gasteiger partial charge on any atom is -0.348 e. The molecule has 0 atom stereocenters. The van der Waals surface area contributed by atoms with Crippen LogP contribution in [0.3, 0.4) is 0 Å². The summed E-state index contributed by atoms with van der Waals surface area (Å²) in [6.07, 6.45) is 1.88. The molecule has 0 unspecified atom stereocenters. The second-order valence-electron chi connectivity index (χ2n) is 8.49. The first kappa shape index (κ1) is 20.8. The highest BCUT2D eigenvalue weighted by Gasteiger charge is 2.19. The molecule has 3 N–H and O–H groups in total. The van der Waals surface area contributed by atoms with Gasteiger partial charge >= 0.3 is 0 Å². The molecule has 3 aromatic rings. The lowest BCUT2D eigenvalue weighted by atomic mass is 9.89. The number of carbonyl (C=O) groups excluding carboxylic acids is 1. The number of hydrogen-bond acceptors (Lipinski definition) is 3. The van der Waals surface area contributed by atoms with Gasteiger partial charge in [0.15, 0.2) is 0 Å². The highest BCUT2D eigenvalue weighted by molar-refractivity contribution is 5.94. The summed E-state index contributed by atoms with van der Waals surface area (Å²) < 4.78 is 0. The van der Waals surface area contributed by atoms with Crippen LogP contribution in [0.5, 0.6) is 0 Å². The zero-order valence-electron chi connectivity index (χ0n) is 17.7. The first-order valence-electron chi connectivity index (χ1n) is 9.99. The number of aromatic amines is 1. The second kappa shape index (κ2) is 9.05. The first-order valence-corrected chi connectivity index (χ1v) is 9.99. The van der Waals surface area contributed by atoms with Gasteiger partial charge in [-0.05, 0) is 30.2 Å². The van der Waals surface area contributed by atoms with E-state index in [1.165, 1.54) is 11.1 Å². The molecule has 0 aliphatic rings. The molecule has 152 valence electrons. The van der Waals surface area contributed by atoms with Gasteiger partial charge in [0, 0.05) is 41.9 Å². The number of hydrogen-bond donors (Lipinski definition) is 3. The molecule has 0 aliphatic heterocycles. The molecule has 0 fully saturated rings. The standard InChI is InChI=1S/C24H30N4O/c1-17-8-10-18(11-9-17)14-26-23(29)20-7-5-6-19(12-20)13-25-15-21-16-27-28-22(21)24(2,3)4/h5-12,16,25H,13-15H2,1-4H3,(H,26,29)(H,27,28). The summed E-state index contributed by atoms with van der Waals surface area (Å²) in [5.74, 6) is -0.0581. The van der Waals surface area contributed by atoms with E-state index in [1.54, 1.807) is 0 Å². The molecule has 3 rings (SSSR count). The molecule has 5 heteroatoms. The molecule has 1 amide bonds. The van der Waals surface area contributed by atoms with Crippen molar-refractivity contribution in [3.8, 4) is 0 Å². The Balaban J connectivity index is 1.54. The topological polar surface area (TPSA) is 69.8 Å². The van der Waals surface area contributed by atoms with Crippen LogP contribution in [0, 0.1) is 6.92 Å². The second-order valence-corrected chi connectivity index (χ2v) is 8.49. The highest BCUT2D eigenvalue weighted by atomic mass is 16.1. The van der Waals surface area contributed by atoms with Crippen LogP contribution < -0.4 is 10.6 Å². The monoisotopic (exact) mass is 390 g/mol. The van der Waals surface area contributed by atoms with Crippen molar-refractivity contribution in [1.82, 2.24) is 20.8 Å². The van der Waals surface area contributed by atoms with Gasteiger partial charge in [0.05, 0.1) is 6.20 Å². The van der Waals surface area contributed by atoms with Gasteiger partial charge < -0.3 is 10.6 Å². The molecule has 1 aromatic heterocycles. The molecular formula is C24H30N4O. The van der Waals surface area contributed by atoms with E-state index in [-0.39, 0.29) is 11.3 Å². The third kappa shape index (κ3) is 5.78. The van der Waals surface area contributed by atoms with Crippen LogP contribution in [0.4, 0.5) is 0 Å². The smallest absolute Gasteiger partial charge is 0.251 e. The molecule has 0 aliphatic carbocycles. The number of aromatic nitrogens is 2. The van der Waals surface area contributed by atoms with Crippen molar-refractivity contribution in [3.63, 3.8) is 0 Å². The molecule has 0 spiro atoms. The number of nitrogens with zero attached hydrogens (tertiary/aromatic N) is 1. The van der Waals surface area contributed by atoms with Crippen LogP contribution >= 0.6 is 0 Å². The van der Waals surface area contributed by atoms with E-state index >= 15 is 0 Å². The SMILES string of the molecule is Cc1ccc(CNC(=O)c2cccc(CNCc3cn[nH]c3C(C)(C)C)c2)cc1. The number of carbonyl (C=O) groups is 1. The Hall–Kier alpha value is -2.92. The molecule has 1 heterocycles. The first-order chi connectivity index (χ1) is 13.8. The summed E-state index contributed by atoms with van der Waals surface area (Å²) in [7, 11) is 0. The zero-order chi connectivity index (χ0) is 20.9. The van der Waals surface area contributed by atoms with E-state index in [1.807, 2.05) is 42.6 Å². The largest absolute Gasteiger partial charge is 0.348 e. The lowest BCUT2D eigenvalue weighted by Crippen LogP contribution is -2.23. The number of aryl methyl sites for hydroxylation is 1. The summed E-state index contributed by atoms with van der Waals surface area (Å²) in [5.41, 5.74) is 6.41.